The predicted molar refractivity (Wildman–Crippen MR) is 66.3 cm³/mol. The standard InChI is InChI=1S/C14H15NO/c1-10(16)14(15)9-11-6-7-12-4-2-3-5-13(12)8-11/h2-8,14H,9,15H2,1H3/t14-/m1/s1. The molecule has 0 aromatic heterocycles. The van der Waals surface area contributed by atoms with Gasteiger partial charge in [0.15, 0.2) is 0 Å². The van der Waals surface area contributed by atoms with Crippen LogP contribution in [0.5, 0.6) is 0 Å². The molecule has 2 rings (SSSR count). The van der Waals surface area contributed by atoms with Crippen LogP contribution in [0.1, 0.15) is 12.5 Å². The largest absolute Gasteiger partial charge is 0.321 e. The Bertz CT molecular complexity index is 519. The fourth-order valence-corrected chi connectivity index (χ4v) is 1.76. The zero-order valence-electron chi connectivity index (χ0n) is 9.31. The highest BCUT2D eigenvalue weighted by atomic mass is 16.1. The van der Waals surface area contributed by atoms with Crippen LogP contribution in [0, 0.1) is 0 Å². The third-order valence-corrected chi connectivity index (χ3v) is 2.79. The van der Waals surface area contributed by atoms with Gasteiger partial charge in [0, 0.05) is 0 Å². The van der Waals surface area contributed by atoms with Crippen molar-refractivity contribution in [1.29, 1.82) is 0 Å². The van der Waals surface area contributed by atoms with Gasteiger partial charge in [0.25, 0.3) is 0 Å². The molecule has 0 aliphatic rings. The summed E-state index contributed by atoms with van der Waals surface area (Å²) < 4.78 is 0. The lowest BCUT2D eigenvalue weighted by atomic mass is 10.0. The van der Waals surface area contributed by atoms with Crippen LogP contribution >= 0.6 is 0 Å². The number of hydrogen-bond acceptors (Lipinski definition) is 2. The average molecular weight is 213 g/mol. The maximum Gasteiger partial charge on any atom is 0.146 e. The number of nitrogens with two attached hydrogens (primary N) is 1. The molecule has 2 N–H and O–H groups in total. The lowest BCUT2D eigenvalue weighted by molar-refractivity contribution is -0.118. The summed E-state index contributed by atoms with van der Waals surface area (Å²) in [4.78, 5) is 11.1. The Morgan fingerprint density at radius 1 is 1.19 bits per heavy atom. The number of Topliss-reactive ketones (excluding diaryl/α,β-unsaturated/α-hetero) is 1. The molecule has 0 spiro atoms. The van der Waals surface area contributed by atoms with Crippen molar-refractivity contribution in [2.45, 2.75) is 19.4 Å². The lowest BCUT2D eigenvalue weighted by Gasteiger charge is -2.08. The summed E-state index contributed by atoms with van der Waals surface area (Å²) in [6.45, 7) is 1.53. The van der Waals surface area contributed by atoms with E-state index in [1.54, 1.807) is 0 Å². The minimum absolute atomic E-state index is 0.0353. The van der Waals surface area contributed by atoms with E-state index in [4.69, 9.17) is 5.73 Å². The molecule has 0 aliphatic carbocycles. The van der Waals surface area contributed by atoms with Crippen molar-refractivity contribution in [1.82, 2.24) is 0 Å². The van der Waals surface area contributed by atoms with E-state index in [1.807, 2.05) is 18.2 Å². The predicted octanol–water partition coefficient (Wildman–Crippen LogP) is 2.30. The molecule has 0 bridgehead atoms. The molecule has 2 nitrogen and oxygen atoms in total. The second-order valence-corrected chi connectivity index (χ2v) is 4.10. The monoisotopic (exact) mass is 213 g/mol. The minimum atomic E-state index is -0.388. The van der Waals surface area contributed by atoms with Crippen LogP contribution in [0.4, 0.5) is 0 Å². The first kappa shape index (κ1) is 10.8. The molecule has 0 unspecified atom stereocenters. The maximum absolute atomic E-state index is 11.1. The highest BCUT2D eigenvalue weighted by molar-refractivity contribution is 5.84. The molecule has 16 heavy (non-hydrogen) atoms. The van der Waals surface area contributed by atoms with Crippen molar-refractivity contribution in [3.05, 3.63) is 48.0 Å². The molecule has 0 radical (unpaired) electrons. The molecular weight excluding hydrogens is 198 g/mol. The van der Waals surface area contributed by atoms with Crippen LogP contribution in [0.3, 0.4) is 0 Å². The second-order valence-electron chi connectivity index (χ2n) is 4.10. The summed E-state index contributed by atoms with van der Waals surface area (Å²) >= 11 is 0. The Kier molecular flexibility index (Phi) is 3.02. The van der Waals surface area contributed by atoms with Crippen molar-refractivity contribution in [2.75, 3.05) is 0 Å². The zero-order valence-corrected chi connectivity index (χ0v) is 9.31. The van der Waals surface area contributed by atoms with Gasteiger partial charge in [-0.3, -0.25) is 4.79 Å². The first-order valence-corrected chi connectivity index (χ1v) is 5.40. The first-order valence-electron chi connectivity index (χ1n) is 5.40. The Labute approximate surface area is 95.1 Å². The smallest absolute Gasteiger partial charge is 0.146 e. The molecule has 2 heteroatoms. The maximum atomic E-state index is 11.1. The first-order chi connectivity index (χ1) is 7.66. The molecule has 0 amide bonds. The van der Waals surface area contributed by atoms with Gasteiger partial charge in [-0.25, -0.2) is 0 Å². The topological polar surface area (TPSA) is 43.1 Å². The number of benzene rings is 2. The van der Waals surface area contributed by atoms with Crippen LogP contribution in [0.2, 0.25) is 0 Å². The Morgan fingerprint density at radius 3 is 2.56 bits per heavy atom. The molecule has 0 saturated heterocycles. The Hall–Kier alpha value is -1.67. The van der Waals surface area contributed by atoms with Crippen LogP contribution in [-0.4, -0.2) is 11.8 Å². The van der Waals surface area contributed by atoms with E-state index in [-0.39, 0.29) is 11.8 Å². The Balaban J connectivity index is 2.29. The summed E-state index contributed by atoms with van der Waals surface area (Å²) in [5, 5.41) is 2.40. The van der Waals surface area contributed by atoms with Crippen molar-refractivity contribution in [3.63, 3.8) is 0 Å². The lowest BCUT2D eigenvalue weighted by Crippen LogP contribution is -2.30. The van der Waals surface area contributed by atoms with E-state index in [1.165, 1.54) is 17.7 Å². The number of rotatable bonds is 3. The molecule has 0 aliphatic heterocycles. The van der Waals surface area contributed by atoms with Gasteiger partial charge in [0.2, 0.25) is 0 Å². The van der Waals surface area contributed by atoms with E-state index < -0.39 is 0 Å². The number of carbonyl (C=O) groups excluding carboxylic acids is 1. The van der Waals surface area contributed by atoms with Gasteiger partial charge in [-0.2, -0.15) is 0 Å². The van der Waals surface area contributed by atoms with Crippen LogP contribution in [0.15, 0.2) is 42.5 Å². The molecule has 1 atom stereocenters. The highest BCUT2D eigenvalue weighted by Crippen LogP contribution is 2.16. The van der Waals surface area contributed by atoms with Gasteiger partial charge in [0.1, 0.15) is 5.78 Å². The van der Waals surface area contributed by atoms with Crippen LogP contribution in [0.25, 0.3) is 10.8 Å². The van der Waals surface area contributed by atoms with Crippen LogP contribution in [-0.2, 0) is 11.2 Å². The molecule has 2 aromatic carbocycles. The van der Waals surface area contributed by atoms with Gasteiger partial charge in [-0.1, -0.05) is 42.5 Å². The fraction of sp³-hybridized carbons (Fsp3) is 0.214. The van der Waals surface area contributed by atoms with Crippen molar-refractivity contribution < 1.29 is 4.79 Å². The molecule has 0 saturated carbocycles. The number of fused-ring (bicyclic) bond motifs is 1. The SMILES string of the molecule is CC(=O)[C@H](N)Cc1ccc2ccccc2c1. The van der Waals surface area contributed by atoms with Crippen molar-refractivity contribution >= 4 is 16.6 Å². The van der Waals surface area contributed by atoms with E-state index in [0.717, 1.165) is 5.56 Å². The number of hydrogen-bond donors (Lipinski definition) is 1. The van der Waals surface area contributed by atoms with E-state index in [2.05, 4.69) is 24.3 Å². The molecule has 0 fully saturated rings. The third kappa shape index (κ3) is 2.28. The normalized spacial score (nSPS) is 12.6. The second kappa shape index (κ2) is 4.45. The van der Waals surface area contributed by atoms with Gasteiger partial charge < -0.3 is 5.73 Å². The highest BCUT2D eigenvalue weighted by Gasteiger charge is 2.08. The molecule has 82 valence electrons. The Morgan fingerprint density at radius 2 is 1.88 bits per heavy atom. The van der Waals surface area contributed by atoms with Crippen molar-refractivity contribution in [2.24, 2.45) is 5.73 Å². The number of ketones is 1. The third-order valence-electron chi connectivity index (χ3n) is 2.79. The fourth-order valence-electron chi connectivity index (χ4n) is 1.76. The summed E-state index contributed by atoms with van der Waals surface area (Å²) in [6.07, 6.45) is 0.611. The summed E-state index contributed by atoms with van der Waals surface area (Å²) in [5.41, 5.74) is 6.86. The zero-order chi connectivity index (χ0) is 11.5. The van der Waals surface area contributed by atoms with Gasteiger partial charge >= 0.3 is 0 Å². The summed E-state index contributed by atoms with van der Waals surface area (Å²) in [5.74, 6) is 0.0353. The van der Waals surface area contributed by atoms with E-state index in [9.17, 15) is 4.79 Å². The molecular formula is C14H15NO. The quantitative estimate of drug-likeness (QED) is 0.850. The van der Waals surface area contributed by atoms with E-state index in [0.29, 0.717) is 6.42 Å². The molecule has 2 aromatic rings. The summed E-state index contributed by atoms with van der Waals surface area (Å²) in [6, 6.07) is 14.0. The number of carbonyl (C=O) groups is 1. The van der Waals surface area contributed by atoms with Gasteiger partial charge in [-0.15, -0.1) is 0 Å². The average Bonchev–Trinajstić information content (AvgIpc) is 2.28. The van der Waals surface area contributed by atoms with Gasteiger partial charge in [-0.05, 0) is 29.7 Å². The minimum Gasteiger partial charge on any atom is -0.321 e. The van der Waals surface area contributed by atoms with Gasteiger partial charge in [0.05, 0.1) is 6.04 Å². The van der Waals surface area contributed by atoms with Crippen LogP contribution < -0.4 is 5.73 Å². The van der Waals surface area contributed by atoms with Crippen molar-refractivity contribution in [3.8, 4) is 0 Å². The van der Waals surface area contributed by atoms with E-state index >= 15 is 0 Å². The molecule has 0 heterocycles. The summed E-state index contributed by atoms with van der Waals surface area (Å²) in [7, 11) is 0.